The number of carbonyl (C=O) groups is 3. The fourth-order valence-corrected chi connectivity index (χ4v) is 3.27. The van der Waals surface area contributed by atoms with Gasteiger partial charge in [-0.25, -0.2) is 0 Å². The summed E-state index contributed by atoms with van der Waals surface area (Å²) in [5.41, 5.74) is 1.16. The van der Waals surface area contributed by atoms with Crippen LogP contribution in [0.2, 0.25) is 0 Å². The molecule has 0 saturated carbocycles. The number of hydrogen-bond donors (Lipinski definition) is 0. The molecule has 0 aromatic heterocycles. The number of ketones is 1. The van der Waals surface area contributed by atoms with Crippen molar-refractivity contribution in [1.82, 2.24) is 4.90 Å². The molecule has 3 rings (SSSR count). The fraction of sp³-hybridized carbons (Fsp3) is 0.316. The maximum atomic E-state index is 12.6. The Morgan fingerprint density at radius 3 is 2.58 bits per heavy atom. The Bertz CT molecular complexity index is 746. The van der Waals surface area contributed by atoms with E-state index in [2.05, 4.69) is 0 Å². The quantitative estimate of drug-likeness (QED) is 0.482. The van der Waals surface area contributed by atoms with Gasteiger partial charge >= 0.3 is 5.97 Å². The highest BCUT2D eigenvalue weighted by Crippen LogP contribution is 2.43. The molecule has 1 aromatic carbocycles. The second-order valence-electron chi connectivity index (χ2n) is 6.05. The van der Waals surface area contributed by atoms with Gasteiger partial charge in [0.15, 0.2) is 11.7 Å². The van der Waals surface area contributed by atoms with E-state index in [0.29, 0.717) is 6.54 Å². The van der Waals surface area contributed by atoms with Crippen LogP contribution >= 0.6 is 0 Å². The normalized spacial score (nSPS) is 21.1. The first kappa shape index (κ1) is 16.2. The summed E-state index contributed by atoms with van der Waals surface area (Å²) in [4.78, 5) is 37.9. The van der Waals surface area contributed by atoms with Crippen LogP contribution in [-0.4, -0.2) is 34.7 Å². The van der Waals surface area contributed by atoms with E-state index in [4.69, 9.17) is 4.74 Å². The maximum absolute atomic E-state index is 12.6. The van der Waals surface area contributed by atoms with Gasteiger partial charge in [0.1, 0.15) is 5.54 Å². The van der Waals surface area contributed by atoms with Crippen LogP contribution in [0, 0.1) is 12.8 Å². The van der Waals surface area contributed by atoms with Crippen molar-refractivity contribution in [3.8, 4) is 0 Å². The number of hydrogen-bond acceptors (Lipinski definition) is 4. The monoisotopic (exact) mass is 325 g/mol. The summed E-state index contributed by atoms with van der Waals surface area (Å²) >= 11 is 0. The van der Waals surface area contributed by atoms with Gasteiger partial charge in [-0.1, -0.05) is 29.8 Å². The van der Waals surface area contributed by atoms with Crippen molar-refractivity contribution < 1.29 is 19.1 Å². The highest BCUT2D eigenvalue weighted by Gasteiger charge is 2.62. The third-order valence-corrected chi connectivity index (χ3v) is 4.42. The number of aryl methyl sites for hydroxylation is 1. The summed E-state index contributed by atoms with van der Waals surface area (Å²) in [6.07, 6.45) is 6.08. The van der Waals surface area contributed by atoms with Crippen molar-refractivity contribution in [2.45, 2.75) is 25.9 Å². The van der Waals surface area contributed by atoms with E-state index < -0.39 is 17.4 Å². The zero-order valence-electron chi connectivity index (χ0n) is 13.7. The molecule has 1 saturated heterocycles. The molecule has 1 amide bonds. The van der Waals surface area contributed by atoms with Gasteiger partial charge in [-0.2, -0.15) is 0 Å². The Balaban J connectivity index is 1.92. The minimum Gasteiger partial charge on any atom is -0.465 e. The lowest BCUT2D eigenvalue weighted by Gasteiger charge is -2.54. The molecule has 1 atom stereocenters. The number of benzene rings is 1. The first-order chi connectivity index (χ1) is 11.5. The Morgan fingerprint density at radius 2 is 1.96 bits per heavy atom. The zero-order chi connectivity index (χ0) is 17.3. The first-order valence-electron chi connectivity index (χ1n) is 7.94. The number of carbonyl (C=O) groups excluding carboxylic acids is 3. The minimum atomic E-state index is -0.928. The summed E-state index contributed by atoms with van der Waals surface area (Å²) in [6, 6.07) is 7.85. The van der Waals surface area contributed by atoms with Crippen molar-refractivity contribution in [2.24, 2.45) is 5.92 Å². The van der Waals surface area contributed by atoms with Crippen LogP contribution in [0.1, 0.15) is 18.1 Å². The van der Waals surface area contributed by atoms with Crippen molar-refractivity contribution in [3.05, 3.63) is 59.7 Å². The lowest BCUT2D eigenvalue weighted by molar-refractivity contribution is -0.177. The van der Waals surface area contributed by atoms with Gasteiger partial charge in [0, 0.05) is 6.54 Å². The molecule has 124 valence electrons. The average molecular weight is 325 g/mol. The van der Waals surface area contributed by atoms with E-state index in [1.165, 1.54) is 12.2 Å². The molecular formula is C19H19NO4. The highest BCUT2D eigenvalue weighted by molar-refractivity contribution is 6.09. The molecule has 1 fully saturated rings. The maximum Gasteiger partial charge on any atom is 0.321 e. The van der Waals surface area contributed by atoms with Gasteiger partial charge < -0.3 is 9.64 Å². The van der Waals surface area contributed by atoms with Crippen molar-refractivity contribution in [3.63, 3.8) is 0 Å². The molecule has 1 heterocycles. The Morgan fingerprint density at radius 1 is 1.25 bits per heavy atom. The van der Waals surface area contributed by atoms with Crippen LogP contribution in [0.25, 0.3) is 0 Å². The molecule has 0 N–H and O–H groups in total. The highest BCUT2D eigenvalue weighted by atomic mass is 16.5. The molecule has 2 aliphatic rings. The van der Waals surface area contributed by atoms with Gasteiger partial charge in [-0.05, 0) is 43.7 Å². The number of esters is 1. The largest absolute Gasteiger partial charge is 0.465 e. The SMILES string of the molecule is CCOC(=O)[C@H]1C(=O)N(Cc2cccc(C)c2)C12C=CC(=O)C=C2. The van der Waals surface area contributed by atoms with Crippen LogP contribution in [0.3, 0.4) is 0 Å². The van der Waals surface area contributed by atoms with Crippen LogP contribution in [0.15, 0.2) is 48.6 Å². The molecule has 5 nitrogen and oxygen atoms in total. The summed E-state index contributed by atoms with van der Waals surface area (Å²) in [5, 5.41) is 0. The number of ether oxygens (including phenoxy) is 1. The molecule has 1 aliphatic carbocycles. The van der Waals surface area contributed by atoms with Crippen molar-refractivity contribution >= 4 is 17.7 Å². The Labute approximate surface area is 140 Å². The number of β-lactam (4-membered cyclic amide) rings is 1. The molecule has 1 aromatic rings. The zero-order valence-corrected chi connectivity index (χ0v) is 13.7. The van der Waals surface area contributed by atoms with Crippen LogP contribution in [0.4, 0.5) is 0 Å². The second kappa shape index (κ2) is 6.07. The smallest absolute Gasteiger partial charge is 0.321 e. The Kier molecular flexibility index (Phi) is 4.09. The minimum absolute atomic E-state index is 0.155. The van der Waals surface area contributed by atoms with Gasteiger partial charge in [-0.15, -0.1) is 0 Å². The van der Waals surface area contributed by atoms with Gasteiger partial charge in [0.05, 0.1) is 6.61 Å². The van der Waals surface area contributed by atoms with E-state index in [1.54, 1.807) is 24.0 Å². The van der Waals surface area contributed by atoms with Gasteiger partial charge in [0.2, 0.25) is 5.91 Å². The average Bonchev–Trinajstić information content (AvgIpc) is 2.55. The Hall–Kier alpha value is -2.69. The number of allylic oxidation sites excluding steroid dienone is 2. The van der Waals surface area contributed by atoms with Crippen LogP contribution < -0.4 is 0 Å². The van der Waals surface area contributed by atoms with E-state index in [9.17, 15) is 14.4 Å². The van der Waals surface area contributed by atoms with Crippen molar-refractivity contribution in [2.75, 3.05) is 6.61 Å². The van der Waals surface area contributed by atoms with Crippen LogP contribution in [-0.2, 0) is 25.7 Å². The summed E-state index contributed by atoms with van der Waals surface area (Å²) in [5.74, 6) is -1.91. The first-order valence-corrected chi connectivity index (χ1v) is 7.94. The number of nitrogens with zero attached hydrogens (tertiary/aromatic N) is 1. The molecule has 0 unspecified atom stereocenters. The van der Waals surface area contributed by atoms with E-state index >= 15 is 0 Å². The van der Waals surface area contributed by atoms with Gasteiger partial charge in [-0.3, -0.25) is 14.4 Å². The molecule has 0 radical (unpaired) electrons. The van der Waals surface area contributed by atoms with E-state index in [0.717, 1.165) is 11.1 Å². The molecule has 24 heavy (non-hydrogen) atoms. The van der Waals surface area contributed by atoms with E-state index in [1.807, 2.05) is 31.2 Å². The number of likely N-dealkylation sites (tertiary alicyclic amines) is 1. The molecular weight excluding hydrogens is 306 g/mol. The third kappa shape index (κ3) is 2.56. The number of rotatable bonds is 4. The second-order valence-corrected chi connectivity index (χ2v) is 6.05. The standard InChI is InChI=1S/C19H19NO4/c1-3-24-18(23)16-17(22)20(12-14-6-4-5-13(2)11-14)19(16)9-7-15(21)8-10-19/h4-11,16H,3,12H2,1-2H3/t16-/m1/s1. The molecule has 1 spiro atoms. The predicted octanol–water partition coefficient (Wildman–Crippen LogP) is 1.95. The van der Waals surface area contributed by atoms with E-state index in [-0.39, 0.29) is 18.3 Å². The third-order valence-electron chi connectivity index (χ3n) is 4.42. The van der Waals surface area contributed by atoms with Gasteiger partial charge in [0.25, 0.3) is 0 Å². The molecule has 1 aliphatic heterocycles. The molecule has 5 heteroatoms. The lowest BCUT2D eigenvalue weighted by atomic mass is 9.70. The molecule has 0 bridgehead atoms. The lowest BCUT2D eigenvalue weighted by Crippen LogP contribution is -2.71. The van der Waals surface area contributed by atoms with Crippen LogP contribution in [0.5, 0.6) is 0 Å². The topological polar surface area (TPSA) is 63.7 Å². The summed E-state index contributed by atoms with van der Waals surface area (Å²) in [6.45, 7) is 4.27. The van der Waals surface area contributed by atoms with Crippen molar-refractivity contribution in [1.29, 1.82) is 0 Å². The number of amides is 1. The fourth-order valence-electron chi connectivity index (χ4n) is 3.27. The summed E-state index contributed by atoms with van der Waals surface area (Å²) in [7, 11) is 0. The summed E-state index contributed by atoms with van der Waals surface area (Å²) < 4.78 is 5.05. The predicted molar refractivity (Wildman–Crippen MR) is 87.9 cm³/mol.